The lowest BCUT2D eigenvalue weighted by atomic mass is 9.99. The Kier molecular flexibility index (Phi) is 5.16. The van der Waals surface area contributed by atoms with Gasteiger partial charge in [0.1, 0.15) is 12.1 Å². The summed E-state index contributed by atoms with van der Waals surface area (Å²) in [5.74, 6) is -0.240. The minimum Gasteiger partial charge on any atom is -0.353 e. The summed E-state index contributed by atoms with van der Waals surface area (Å²) in [7, 11) is 0. The summed E-state index contributed by atoms with van der Waals surface area (Å²) in [4.78, 5) is 27.1. The van der Waals surface area contributed by atoms with Crippen LogP contribution < -0.4 is 10.9 Å². The largest absolute Gasteiger partial charge is 0.353 e. The molecule has 0 aliphatic carbocycles. The van der Waals surface area contributed by atoms with Crippen LogP contribution in [0.1, 0.15) is 18.1 Å². The molecule has 1 atom stereocenters. The van der Waals surface area contributed by atoms with E-state index in [-0.39, 0.29) is 24.1 Å². The van der Waals surface area contributed by atoms with Crippen molar-refractivity contribution in [3.63, 3.8) is 0 Å². The summed E-state index contributed by atoms with van der Waals surface area (Å²) < 4.78 is 1.11. The number of nitrogens with zero attached hydrogens (tertiary/aromatic N) is 4. The molecule has 1 unspecified atom stereocenters. The fraction of sp³-hybridized carbons (Fsp3) is 0.333. The molecule has 0 spiro atoms. The Morgan fingerprint density at radius 2 is 1.89 bits per heavy atom. The van der Waals surface area contributed by atoms with E-state index >= 15 is 0 Å². The molecule has 1 aliphatic heterocycles. The van der Waals surface area contributed by atoms with E-state index in [9.17, 15) is 9.59 Å². The monoisotopic (exact) mass is 377 g/mol. The average molecular weight is 377 g/mol. The van der Waals surface area contributed by atoms with E-state index in [2.05, 4.69) is 51.7 Å². The van der Waals surface area contributed by atoms with Crippen molar-refractivity contribution < 1.29 is 4.79 Å². The van der Waals surface area contributed by atoms with Gasteiger partial charge in [-0.25, -0.2) is 4.68 Å². The quantitative estimate of drug-likeness (QED) is 0.726. The van der Waals surface area contributed by atoms with Crippen LogP contribution in [-0.4, -0.2) is 44.9 Å². The summed E-state index contributed by atoms with van der Waals surface area (Å²) in [6.45, 7) is 4.37. The Balaban J connectivity index is 1.35. The third-order valence-corrected chi connectivity index (χ3v) is 5.30. The first kappa shape index (κ1) is 18.3. The maximum Gasteiger partial charge on any atom is 0.278 e. The van der Waals surface area contributed by atoms with Crippen molar-refractivity contribution in [3.05, 3.63) is 70.0 Å². The Morgan fingerprint density at radius 1 is 1.14 bits per heavy atom. The summed E-state index contributed by atoms with van der Waals surface area (Å²) >= 11 is 0. The highest BCUT2D eigenvalue weighted by molar-refractivity contribution is 5.78. The molecule has 28 heavy (non-hydrogen) atoms. The van der Waals surface area contributed by atoms with Crippen molar-refractivity contribution in [2.45, 2.75) is 32.5 Å². The van der Waals surface area contributed by atoms with E-state index in [1.807, 2.05) is 0 Å². The van der Waals surface area contributed by atoms with E-state index < -0.39 is 0 Å². The average Bonchev–Trinajstić information content (AvgIpc) is 2.74. The highest BCUT2D eigenvalue weighted by Crippen LogP contribution is 2.19. The number of aromatic nitrogens is 3. The summed E-state index contributed by atoms with van der Waals surface area (Å²) in [5, 5.41) is 11.3. The van der Waals surface area contributed by atoms with Crippen molar-refractivity contribution in [1.29, 1.82) is 0 Å². The van der Waals surface area contributed by atoms with Gasteiger partial charge >= 0.3 is 0 Å². The number of benzene rings is 2. The minimum absolute atomic E-state index is 0.133. The standard InChI is InChI=1S/C21H23N5O2/c1-15(25-11-10-16-6-2-3-7-17(16)13-25)12-22-20(27)14-26-21(28)18-8-4-5-9-19(18)23-24-26/h2-9,15H,10-14H2,1H3,(H,22,27). The Labute approximate surface area is 163 Å². The molecule has 0 radical (unpaired) electrons. The van der Waals surface area contributed by atoms with Crippen LogP contribution in [0.5, 0.6) is 0 Å². The summed E-state index contributed by atoms with van der Waals surface area (Å²) in [6, 6.07) is 15.7. The van der Waals surface area contributed by atoms with Crippen molar-refractivity contribution in [2.75, 3.05) is 13.1 Å². The number of hydrogen-bond donors (Lipinski definition) is 1. The van der Waals surface area contributed by atoms with Crippen molar-refractivity contribution in [2.24, 2.45) is 0 Å². The van der Waals surface area contributed by atoms with Gasteiger partial charge in [0.15, 0.2) is 0 Å². The Hall–Kier alpha value is -3.06. The van der Waals surface area contributed by atoms with Crippen LogP contribution in [0, 0.1) is 0 Å². The number of amides is 1. The zero-order valence-corrected chi connectivity index (χ0v) is 15.8. The van der Waals surface area contributed by atoms with Gasteiger partial charge in [0, 0.05) is 25.7 Å². The van der Waals surface area contributed by atoms with Crippen LogP contribution in [-0.2, 0) is 24.3 Å². The molecule has 3 aromatic rings. The molecule has 0 bridgehead atoms. The van der Waals surface area contributed by atoms with Gasteiger partial charge in [-0.1, -0.05) is 41.6 Å². The maximum absolute atomic E-state index is 12.4. The van der Waals surface area contributed by atoms with E-state index in [0.717, 1.165) is 24.2 Å². The van der Waals surface area contributed by atoms with E-state index in [1.54, 1.807) is 24.3 Å². The number of carbonyl (C=O) groups excluding carboxylic acids is 1. The van der Waals surface area contributed by atoms with Crippen LogP contribution in [0.15, 0.2) is 53.3 Å². The molecule has 1 amide bonds. The van der Waals surface area contributed by atoms with Crippen molar-refractivity contribution >= 4 is 16.8 Å². The number of nitrogens with one attached hydrogen (secondary N) is 1. The lowest BCUT2D eigenvalue weighted by Gasteiger charge is -2.33. The number of carbonyl (C=O) groups is 1. The second-order valence-electron chi connectivity index (χ2n) is 7.21. The van der Waals surface area contributed by atoms with E-state index in [4.69, 9.17) is 0 Å². The predicted molar refractivity (Wildman–Crippen MR) is 107 cm³/mol. The summed E-state index contributed by atoms with van der Waals surface area (Å²) in [6.07, 6.45) is 1.02. The van der Waals surface area contributed by atoms with Gasteiger partial charge in [-0.15, -0.1) is 5.10 Å². The topological polar surface area (TPSA) is 80.1 Å². The molecular formula is C21H23N5O2. The number of rotatable bonds is 5. The highest BCUT2D eigenvalue weighted by Gasteiger charge is 2.20. The molecule has 0 saturated heterocycles. The first-order valence-electron chi connectivity index (χ1n) is 9.52. The van der Waals surface area contributed by atoms with Crippen LogP contribution in [0.25, 0.3) is 10.9 Å². The van der Waals surface area contributed by atoms with Gasteiger partial charge in [-0.3, -0.25) is 14.5 Å². The van der Waals surface area contributed by atoms with Crippen molar-refractivity contribution in [3.8, 4) is 0 Å². The molecule has 4 rings (SSSR count). The van der Waals surface area contributed by atoms with Gasteiger partial charge in [0.25, 0.3) is 5.56 Å². The second-order valence-corrected chi connectivity index (χ2v) is 7.21. The van der Waals surface area contributed by atoms with Gasteiger partial charge < -0.3 is 5.32 Å². The van der Waals surface area contributed by atoms with Gasteiger partial charge in [-0.05, 0) is 36.6 Å². The van der Waals surface area contributed by atoms with E-state index in [0.29, 0.717) is 17.4 Å². The Morgan fingerprint density at radius 3 is 2.75 bits per heavy atom. The zero-order valence-electron chi connectivity index (χ0n) is 15.8. The third-order valence-electron chi connectivity index (χ3n) is 5.30. The molecule has 1 aliphatic rings. The normalized spacial score (nSPS) is 15.2. The fourth-order valence-electron chi connectivity index (χ4n) is 3.60. The van der Waals surface area contributed by atoms with Gasteiger partial charge in [-0.2, -0.15) is 0 Å². The molecule has 2 heterocycles. The minimum atomic E-state index is -0.304. The number of hydrogen-bond acceptors (Lipinski definition) is 5. The second kappa shape index (κ2) is 7.90. The third kappa shape index (κ3) is 3.80. The van der Waals surface area contributed by atoms with Crippen LogP contribution in [0.3, 0.4) is 0 Å². The van der Waals surface area contributed by atoms with Crippen molar-refractivity contribution in [1.82, 2.24) is 25.2 Å². The molecule has 144 valence electrons. The lowest BCUT2D eigenvalue weighted by Crippen LogP contribution is -2.45. The molecule has 7 nitrogen and oxygen atoms in total. The molecule has 1 aromatic heterocycles. The maximum atomic E-state index is 12.4. The molecule has 2 aromatic carbocycles. The molecular weight excluding hydrogens is 354 g/mol. The first-order chi connectivity index (χ1) is 13.6. The Bertz CT molecular complexity index is 1060. The molecule has 0 saturated carbocycles. The van der Waals surface area contributed by atoms with Gasteiger partial charge in [0.2, 0.25) is 5.91 Å². The highest BCUT2D eigenvalue weighted by atomic mass is 16.2. The van der Waals surface area contributed by atoms with Gasteiger partial charge in [0.05, 0.1) is 5.39 Å². The predicted octanol–water partition coefficient (Wildman–Crippen LogP) is 1.35. The smallest absolute Gasteiger partial charge is 0.278 e. The SMILES string of the molecule is CC(CNC(=O)Cn1nnc2ccccc2c1=O)N1CCc2ccccc2C1. The zero-order chi connectivity index (χ0) is 19.5. The van der Waals surface area contributed by atoms with Crippen LogP contribution in [0.2, 0.25) is 0 Å². The molecule has 7 heteroatoms. The summed E-state index contributed by atoms with van der Waals surface area (Å²) in [5.41, 5.74) is 2.98. The van der Waals surface area contributed by atoms with E-state index in [1.165, 1.54) is 11.1 Å². The lowest BCUT2D eigenvalue weighted by molar-refractivity contribution is -0.122. The van der Waals surface area contributed by atoms with Crippen LogP contribution in [0.4, 0.5) is 0 Å². The first-order valence-corrected chi connectivity index (χ1v) is 9.52. The fourth-order valence-corrected chi connectivity index (χ4v) is 3.60. The molecule has 1 N–H and O–H groups in total. The number of fused-ring (bicyclic) bond motifs is 2. The molecule has 0 fully saturated rings. The van der Waals surface area contributed by atoms with Crippen LogP contribution >= 0.6 is 0 Å².